The van der Waals surface area contributed by atoms with Crippen molar-refractivity contribution in [2.45, 2.75) is 12.3 Å². The number of hydrogen-bond acceptors (Lipinski definition) is 3. The highest BCUT2D eigenvalue weighted by Gasteiger charge is 2.33. The minimum Gasteiger partial charge on any atom is -0.469 e. The van der Waals surface area contributed by atoms with Crippen LogP contribution in [0.5, 0.6) is 0 Å². The van der Waals surface area contributed by atoms with Crippen LogP contribution in [0.2, 0.25) is 0 Å². The van der Waals surface area contributed by atoms with Crippen LogP contribution in [0.4, 0.5) is 4.39 Å². The van der Waals surface area contributed by atoms with Gasteiger partial charge in [-0.2, -0.15) is 0 Å². The van der Waals surface area contributed by atoms with Crippen molar-refractivity contribution in [1.82, 2.24) is 0 Å². The summed E-state index contributed by atoms with van der Waals surface area (Å²) in [6.45, 7) is 0.990. The number of ether oxygens (including phenoxy) is 2. The summed E-state index contributed by atoms with van der Waals surface area (Å²) in [6, 6.07) is 6.28. The number of methoxy groups -OCH3 is 1. The molecule has 4 heteroatoms. The number of carbonyl (C=O) groups is 1. The fourth-order valence-corrected chi connectivity index (χ4v) is 2.23. The van der Waals surface area contributed by atoms with Crippen LogP contribution in [-0.2, 0) is 14.3 Å². The summed E-state index contributed by atoms with van der Waals surface area (Å²) >= 11 is 0. The first kappa shape index (κ1) is 12.0. The van der Waals surface area contributed by atoms with Gasteiger partial charge in [-0.15, -0.1) is 0 Å². The standard InChI is InChI=1S/C13H15FO3/c1-16-13(15)12-8-17-7-6-11(12)9-2-4-10(14)5-3-9/h2-5,11-12H,6-8H2,1H3. The number of carbonyl (C=O) groups excluding carboxylic acids is 1. The minimum atomic E-state index is -0.292. The topological polar surface area (TPSA) is 35.5 Å². The summed E-state index contributed by atoms with van der Waals surface area (Å²) in [7, 11) is 1.37. The molecule has 2 unspecified atom stereocenters. The van der Waals surface area contributed by atoms with Crippen LogP contribution in [0.25, 0.3) is 0 Å². The minimum absolute atomic E-state index is 0.0526. The molecular formula is C13H15FO3. The van der Waals surface area contributed by atoms with Crippen LogP contribution in [-0.4, -0.2) is 26.3 Å². The lowest BCUT2D eigenvalue weighted by atomic mass is 9.83. The SMILES string of the molecule is COC(=O)C1COCCC1c1ccc(F)cc1. The number of benzene rings is 1. The monoisotopic (exact) mass is 238 g/mol. The molecule has 1 aromatic carbocycles. The van der Waals surface area contributed by atoms with Gasteiger partial charge in [0.15, 0.2) is 0 Å². The maximum absolute atomic E-state index is 12.9. The third-order valence-electron chi connectivity index (χ3n) is 3.16. The predicted octanol–water partition coefficient (Wildman–Crippen LogP) is 2.12. The first-order valence-corrected chi connectivity index (χ1v) is 5.63. The molecule has 0 spiro atoms. The summed E-state index contributed by atoms with van der Waals surface area (Å²) < 4.78 is 22.9. The van der Waals surface area contributed by atoms with Crippen molar-refractivity contribution in [3.05, 3.63) is 35.6 Å². The van der Waals surface area contributed by atoms with Crippen molar-refractivity contribution in [2.75, 3.05) is 20.3 Å². The van der Waals surface area contributed by atoms with Crippen molar-refractivity contribution in [2.24, 2.45) is 5.92 Å². The molecule has 0 radical (unpaired) electrons. The molecule has 1 aliphatic rings. The highest BCUT2D eigenvalue weighted by atomic mass is 19.1. The third kappa shape index (κ3) is 2.64. The van der Waals surface area contributed by atoms with Gasteiger partial charge in [-0.25, -0.2) is 4.39 Å². The van der Waals surface area contributed by atoms with E-state index in [9.17, 15) is 9.18 Å². The molecular weight excluding hydrogens is 223 g/mol. The Bertz CT molecular complexity index is 388. The van der Waals surface area contributed by atoms with Gasteiger partial charge in [0.25, 0.3) is 0 Å². The Kier molecular flexibility index (Phi) is 3.74. The zero-order valence-corrected chi connectivity index (χ0v) is 9.69. The molecule has 0 saturated carbocycles. The summed E-state index contributed by atoms with van der Waals surface area (Å²) in [5.74, 6) is -0.773. The molecule has 0 aliphatic carbocycles. The van der Waals surface area contributed by atoms with Crippen LogP contribution in [0, 0.1) is 11.7 Å². The van der Waals surface area contributed by atoms with E-state index in [1.165, 1.54) is 19.2 Å². The lowest BCUT2D eigenvalue weighted by Gasteiger charge is -2.29. The van der Waals surface area contributed by atoms with E-state index in [4.69, 9.17) is 9.47 Å². The molecule has 0 amide bonds. The maximum atomic E-state index is 12.9. The molecule has 1 saturated heterocycles. The molecule has 92 valence electrons. The average Bonchev–Trinajstić information content (AvgIpc) is 2.39. The van der Waals surface area contributed by atoms with Crippen molar-refractivity contribution in [3.8, 4) is 0 Å². The van der Waals surface area contributed by atoms with E-state index in [2.05, 4.69) is 0 Å². The largest absolute Gasteiger partial charge is 0.469 e. The second-order valence-electron chi connectivity index (χ2n) is 4.15. The lowest BCUT2D eigenvalue weighted by molar-refractivity contribution is -0.150. The van der Waals surface area contributed by atoms with E-state index in [0.29, 0.717) is 13.2 Å². The Morgan fingerprint density at radius 2 is 2.12 bits per heavy atom. The van der Waals surface area contributed by atoms with Gasteiger partial charge in [-0.1, -0.05) is 12.1 Å². The van der Waals surface area contributed by atoms with E-state index in [1.807, 2.05) is 0 Å². The summed E-state index contributed by atoms with van der Waals surface area (Å²) in [5.41, 5.74) is 0.963. The van der Waals surface area contributed by atoms with Crippen LogP contribution >= 0.6 is 0 Å². The first-order valence-electron chi connectivity index (χ1n) is 5.63. The maximum Gasteiger partial charge on any atom is 0.311 e. The molecule has 0 N–H and O–H groups in total. The van der Waals surface area contributed by atoms with E-state index in [0.717, 1.165) is 12.0 Å². The fourth-order valence-electron chi connectivity index (χ4n) is 2.23. The Labute approximate surface area is 99.5 Å². The highest BCUT2D eigenvalue weighted by Crippen LogP contribution is 2.32. The quantitative estimate of drug-likeness (QED) is 0.740. The van der Waals surface area contributed by atoms with E-state index in [1.54, 1.807) is 12.1 Å². The number of hydrogen-bond donors (Lipinski definition) is 0. The van der Waals surface area contributed by atoms with Crippen molar-refractivity contribution in [1.29, 1.82) is 0 Å². The van der Waals surface area contributed by atoms with Crippen LogP contribution in [0.3, 0.4) is 0 Å². The molecule has 1 fully saturated rings. The van der Waals surface area contributed by atoms with E-state index < -0.39 is 0 Å². The second kappa shape index (κ2) is 5.27. The molecule has 1 aromatic rings. The van der Waals surface area contributed by atoms with Crippen molar-refractivity contribution >= 4 is 5.97 Å². The van der Waals surface area contributed by atoms with Crippen molar-refractivity contribution in [3.63, 3.8) is 0 Å². The number of rotatable bonds is 2. The lowest BCUT2D eigenvalue weighted by Crippen LogP contribution is -2.33. The van der Waals surface area contributed by atoms with Crippen LogP contribution in [0.15, 0.2) is 24.3 Å². The molecule has 1 heterocycles. The smallest absolute Gasteiger partial charge is 0.311 e. The molecule has 0 bridgehead atoms. The molecule has 17 heavy (non-hydrogen) atoms. The zero-order valence-electron chi connectivity index (χ0n) is 9.69. The van der Waals surface area contributed by atoms with Crippen LogP contribution in [0.1, 0.15) is 17.9 Å². The van der Waals surface area contributed by atoms with Gasteiger partial charge < -0.3 is 9.47 Å². The Morgan fingerprint density at radius 3 is 2.76 bits per heavy atom. The Balaban J connectivity index is 2.21. The molecule has 1 aliphatic heterocycles. The second-order valence-corrected chi connectivity index (χ2v) is 4.15. The fraction of sp³-hybridized carbons (Fsp3) is 0.462. The molecule has 3 nitrogen and oxygen atoms in total. The Morgan fingerprint density at radius 1 is 1.41 bits per heavy atom. The van der Waals surface area contributed by atoms with Gasteiger partial charge in [-0.05, 0) is 24.1 Å². The van der Waals surface area contributed by atoms with E-state index >= 15 is 0 Å². The predicted molar refractivity (Wildman–Crippen MR) is 60.1 cm³/mol. The summed E-state index contributed by atoms with van der Waals surface area (Å²) in [4.78, 5) is 11.6. The summed E-state index contributed by atoms with van der Waals surface area (Å²) in [5, 5.41) is 0. The van der Waals surface area contributed by atoms with Gasteiger partial charge in [0.2, 0.25) is 0 Å². The normalized spacial score (nSPS) is 24.4. The summed E-state index contributed by atoms with van der Waals surface area (Å²) in [6.07, 6.45) is 0.755. The average molecular weight is 238 g/mol. The van der Waals surface area contributed by atoms with Crippen LogP contribution < -0.4 is 0 Å². The number of halogens is 1. The molecule has 2 rings (SSSR count). The first-order chi connectivity index (χ1) is 8.22. The molecule has 0 aromatic heterocycles. The zero-order chi connectivity index (χ0) is 12.3. The number of esters is 1. The van der Waals surface area contributed by atoms with Gasteiger partial charge in [-0.3, -0.25) is 4.79 Å². The Hall–Kier alpha value is -1.42. The van der Waals surface area contributed by atoms with Crippen molar-refractivity contribution < 1.29 is 18.7 Å². The van der Waals surface area contributed by atoms with Gasteiger partial charge in [0, 0.05) is 12.5 Å². The highest BCUT2D eigenvalue weighted by molar-refractivity contribution is 5.73. The van der Waals surface area contributed by atoms with E-state index in [-0.39, 0.29) is 23.6 Å². The van der Waals surface area contributed by atoms with Gasteiger partial charge >= 0.3 is 5.97 Å². The molecule has 2 atom stereocenters. The third-order valence-corrected chi connectivity index (χ3v) is 3.16. The van der Waals surface area contributed by atoms with Gasteiger partial charge in [0.05, 0.1) is 19.6 Å². The van der Waals surface area contributed by atoms with Gasteiger partial charge in [0.1, 0.15) is 5.82 Å².